The van der Waals surface area contributed by atoms with Crippen molar-refractivity contribution in [2.75, 3.05) is 0 Å². The average Bonchev–Trinajstić information content (AvgIpc) is 2.58. The molecule has 0 saturated carbocycles. The van der Waals surface area contributed by atoms with Crippen LogP contribution in [0.15, 0.2) is 53.7 Å². The number of hydrogen-bond acceptors (Lipinski definition) is 3. The van der Waals surface area contributed by atoms with Crippen LogP contribution < -0.4 is 0 Å². The van der Waals surface area contributed by atoms with E-state index in [1.807, 2.05) is 38.1 Å². The molecule has 3 nitrogen and oxygen atoms in total. The van der Waals surface area contributed by atoms with Gasteiger partial charge in [0.05, 0.1) is 16.6 Å². The minimum atomic E-state index is -4.37. The molecule has 1 aliphatic rings. The highest BCUT2D eigenvalue weighted by atomic mass is 19.4. The predicted octanol–water partition coefficient (Wildman–Crippen LogP) is 4.82. The van der Waals surface area contributed by atoms with Crippen molar-refractivity contribution >= 4 is 16.6 Å². The van der Waals surface area contributed by atoms with Gasteiger partial charge in [-0.1, -0.05) is 24.3 Å². The molecule has 0 bridgehead atoms. The Morgan fingerprint density at radius 3 is 2.58 bits per heavy atom. The van der Waals surface area contributed by atoms with Crippen LogP contribution in [0.5, 0.6) is 0 Å². The molecule has 0 aliphatic carbocycles. The zero-order chi connectivity index (χ0) is 18.5. The molecule has 0 fully saturated rings. The summed E-state index contributed by atoms with van der Waals surface area (Å²) in [6.45, 7) is 3.80. The van der Waals surface area contributed by atoms with Gasteiger partial charge in [0, 0.05) is 17.1 Å². The number of halogens is 3. The van der Waals surface area contributed by atoms with Crippen molar-refractivity contribution in [2.24, 2.45) is 4.99 Å². The van der Waals surface area contributed by atoms with Crippen LogP contribution in [-0.2, 0) is 12.6 Å². The Balaban J connectivity index is 1.89. The second-order valence-electron chi connectivity index (χ2n) is 7.07. The molecular weight excluding hydrogens is 339 g/mol. The quantitative estimate of drug-likeness (QED) is 0.628. The third kappa shape index (κ3) is 2.96. The average molecular weight is 355 g/mol. The van der Waals surface area contributed by atoms with Crippen molar-refractivity contribution in [1.82, 2.24) is 9.97 Å². The van der Waals surface area contributed by atoms with Crippen molar-refractivity contribution in [1.29, 1.82) is 0 Å². The van der Waals surface area contributed by atoms with E-state index in [0.717, 1.165) is 17.0 Å². The Bertz CT molecular complexity index is 1040. The first-order valence-electron chi connectivity index (χ1n) is 8.25. The van der Waals surface area contributed by atoms with Gasteiger partial charge in [-0.2, -0.15) is 13.2 Å². The van der Waals surface area contributed by atoms with Gasteiger partial charge in [0.2, 0.25) is 0 Å². The molecule has 3 aromatic rings. The van der Waals surface area contributed by atoms with Gasteiger partial charge in [0.1, 0.15) is 5.71 Å². The van der Waals surface area contributed by atoms with Crippen molar-refractivity contribution in [3.05, 3.63) is 71.2 Å². The summed E-state index contributed by atoms with van der Waals surface area (Å²) in [5.41, 5.74) is 1.42. The fourth-order valence-electron chi connectivity index (χ4n) is 3.27. The minimum absolute atomic E-state index is 0.428. The highest BCUT2D eigenvalue weighted by molar-refractivity contribution is 6.13. The Labute approximate surface area is 148 Å². The zero-order valence-electron chi connectivity index (χ0n) is 14.3. The number of fused-ring (bicyclic) bond motifs is 2. The smallest absolute Gasteiger partial charge is 0.274 e. The van der Waals surface area contributed by atoms with Gasteiger partial charge in [-0.3, -0.25) is 4.99 Å². The SMILES string of the molecule is CC1(C)Cc2cc(C(F)(F)F)ccc2C(c2ncc3ccccc3n2)=N1. The van der Waals surface area contributed by atoms with E-state index in [0.29, 0.717) is 29.1 Å². The number of para-hydroxylation sites is 1. The highest BCUT2D eigenvalue weighted by Gasteiger charge is 2.34. The van der Waals surface area contributed by atoms with Gasteiger partial charge in [-0.25, -0.2) is 9.97 Å². The van der Waals surface area contributed by atoms with Crippen LogP contribution in [0, 0.1) is 0 Å². The van der Waals surface area contributed by atoms with Gasteiger partial charge < -0.3 is 0 Å². The van der Waals surface area contributed by atoms with Gasteiger partial charge in [0.25, 0.3) is 0 Å². The van der Waals surface area contributed by atoms with E-state index in [9.17, 15) is 13.2 Å². The van der Waals surface area contributed by atoms with Gasteiger partial charge in [0.15, 0.2) is 5.82 Å². The Hall–Kier alpha value is -2.76. The lowest BCUT2D eigenvalue weighted by Gasteiger charge is -2.29. The lowest BCUT2D eigenvalue weighted by atomic mass is 9.85. The Morgan fingerprint density at radius 2 is 1.81 bits per heavy atom. The maximum Gasteiger partial charge on any atom is 0.416 e. The fraction of sp³-hybridized carbons (Fsp3) is 0.250. The van der Waals surface area contributed by atoms with Crippen LogP contribution in [0.1, 0.15) is 36.4 Å². The number of benzene rings is 2. The normalized spacial score (nSPS) is 16.3. The summed E-state index contributed by atoms with van der Waals surface area (Å²) in [6, 6.07) is 11.4. The molecule has 2 aromatic carbocycles. The zero-order valence-corrected chi connectivity index (χ0v) is 14.3. The van der Waals surface area contributed by atoms with Gasteiger partial charge in [-0.05, 0) is 44.0 Å². The van der Waals surface area contributed by atoms with Crippen molar-refractivity contribution in [3.8, 4) is 0 Å². The first-order chi connectivity index (χ1) is 12.2. The van der Waals surface area contributed by atoms with Crippen molar-refractivity contribution < 1.29 is 13.2 Å². The third-order valence-electron chi connectivity index (χ3n) is 4.43. The first kappa shape index (κ1) is 16.7. The first-order valence-corrected chi connectivity index (χ1v) is 8.25. The summed E-state index contributed by atoms with van der Waals surface area (Å²) in [4.78, 5) is 13.7. The van der Waals surface area contributed by atoms with Crippen LogP contribution in [-0.4, -0.2) is 21.2 Å². The van der Waals surface area contributed by atoms with Crippen molar-refractivity contribution in [3.63, 3.8) is 0 Å². The Morgan fingerprint density at radius 1 is 1.04 bits per heavy atom. The topological polar surface area (TPSA) is 38.1 Å². The monoisotopic (exact) mass is 355 g/mol. The van der Waals surface area contributed by atoms with E-state index >= 15 is 0 Å². The molecular formula is C20H16F3N3. The van der Waals surface area contributed by atoms with Crippen LogP contribution >= 0.6 is 0 Å². The lowest BCUT2D eigenvalue weighted by molar-refractivity contribution is -0.137. The minimum Gasteiger partial charge on any atom is -0.274 e. The number of alkyl halides is 3. The summed E-state index contributed by atoms with van der Waals surface area (Å²) < 4.78 is 39.3. The summed E-state index contributed by atoms with van der Waals surface area (Å²) in [7, 11) is 0. The second-order valence-corrected chi connectivity index (χ2v) is 7.07. The van der Waals surface area contributed by atoms with Crippen LogP contribution in [0.3, 0.4) is 0 Å². The molecule has 0 N–H and O–H groups in total. The van der Waals surface area contributed by atoms with Gasteiger partial charge in [-0.15, -0.1) is 0 Å². The molecule has 0 spiro atoms. The number of aliphatic imine (C=N–C) groups is 1. The summed E-state index contributed by atoms with van der Waals surface area (Å²) in [5.74, 6) is 0.428. The van der Waals surface area contributed by atoms with Crippen LogP contribution in [0.25, 0.3) is 10.9 Å². The van der Waals surface area contributed by atoms with E-state index in [-0.39, 0.29) is 0 Å². The molecule has 0 unspecified atom stereocenters. The largest absolute Gasteiger partial charge is 0.416 e. The molecule has 26 heavy (non-hydrogen) atoms. The maximum absolute atomic E-state index is 13.1. The van der Waals surface area contributed by atoms with E-state index in [1.165, 1.54) is 12.1 Å². The molecule has 0 amide bonds. The van der Waals surface area contributed by atoms with Crippen molar-refractivity contribution in [2.45, 2.75) is 32.0 Å². The molecule has 0 atom stereocenters. The maximum atomic E-state index is 13.1. The summed E-state index contributed by atoms with van der Waals surface area (Å²) in [5, 5.41) is 0.902. The summed E-state index contributed by atoms with van der Waals surface area (Å²) >= 11 is 0. The molecule has 2 heterocycles. The lowest BCUT2D eigenvalue weighted by Crippen LogP contribution is -2.30. The van der Waals surface area contributed by atoms with E-state index in [4.69, 9.17) is 4.99 Å². The highest BCUT2D eigenvalue weighted by Crippen LogP contribution is 2.35. The number of aromatic nitrogens is 2. The molecule has 6 heteroatoms. The van der Waals surface area contributed by atoms with Gasteiger partial charge >= 0.3 is 6.18 Å². The van der Waals surface area contributed by atoms with E-state index in [2.05, 4.69) is 9.97 Å². The predicted molar refractivity (Wildman–Crippen MR) is 94.4 cm³/mol. The summed E-state index contributed by atoms with van der Waals surface area (Å²) in [6.07, 6.45) is -2.22. The Kier molecular flexibility index (Phi) is 3.61. The van der Waals surface area contributed by atoms with Crippen LogP contribution in [0.2, 0.25) is 0 Å². The number of nitrogens with zero attached hydrogens (tertiary/aromatic N) is 3. The van der Waals surface area contributed by atoms with E-state index < -0.39 is 17.3 Å². The number of hydrogen-bond donors (Lipinski definition) is 0. The van der Waals surface area contributed by atoms with Crippen LogP contribution in [0.4, 0.5) is 13.2 Å². The van der Waals surface area contributed by atoms with E-state index in [1.54, 1.807) is 6.20 Å². The number of rotatable bonds is 1. The molecule has 4 rings (SSSR count). The second kappa shape index (κ2) is 5.62. The molecule has 0 radical (unpaired) electrons. The fourth-order valence-corrected chi connectivity index (χ4v) is 3.27. The third-order valence-corrected chi connectivity index (χ3v) is 4.43. The molecule has 132 valence electrons. The molecule has 1 aliphatic heterocycles. The molecule has 1 aromatic heterocycles. The standard InChI is InChI=1S/C20H16F3N3/c1-19(2)10-13-9-14(20(21,22)23)7-8-15(13)17(26-19)18-24-11-12-5-3-4-6-16(12)25-18/h3-9,11H,10H2,1-2H3. The molecule has 0 saturated heterocycles.